The normalized spacial score (nSPS) is 14.9. The van der Waals surface area contributed by atoms with Gasteiger partial charge in [-0.25, -0.2) is 0 Å². The van der Waals surface area contributed by atoms with Crippen LogP contribution >= 0.6 is 0 Å². The predicted octanol–water partition coefficient (Wildman–Crippen LogP) is 3.55. The van der Waals surface area contributed by atoms with E-state index in [0.29, 0.717) is 6.04 Å². The van der Waals surface area contributed by atoms with Crippen LogP contribution in [-0.4, -0.2) is 22.2 Å². The first kappa shape index (κ1) is 15.6. The molecule has 1 aliphatic heterocycles. The van der Waals surface area contributed by atoms with E-state index in [0.717, 1.165) is 24.3 Å². The lowest BCUT2D eigenvalue weighted by Crippen LogP contribution is -2.25. The molecule has 1 aliphatic rings. The Kier molecular flexibility index (Phi) is 4.11. The molecule has 5 heteroatoms. The van der Waals surface area contributed by atoms with Crippen molar-refractivity contribution in [1.29, 1.82) is 0 Å². The molecule has 1 amide bonds. The molecule has 0 saturated carbocycles. The number of hydrogen-bond donors (Lipinski definition) is 1. The first-order valence-corrected chi connectivity index (χ1v) is 8.17. The molecule has 2 heterocycles. The van der Waals surface area contributed by atoms with Gasteiger partial charge in [-0.05, 0) is 51.0 Å². The lowest BCUT2D eigenvalue weighted by Gasteiger charge is -2.17. The van der Waals surface area contributed by atoms with Gasteiger partial charge >= 0.3 is 0 Å². The van der Waals surface area contributed by atoms with E-state index >= 15 is 0 Å². The van der Waals surface area contributed by atoms with Gasteiger partial charge in [-0.1, -0.05) is 0 Å². The minimum Gasteiger partial charge on any atom is -0.378 e. The van der Waals surface area contributed by atoms with E-state index in [1.54, 1.807) is 6.92 Å². The molecule has 0 spiro atoms. The Balaban J connectivity index is 1.74. The van der Waals surface area contributed by atoms with Crippen LogP contribution in [0.3, 0.4) is 0 Å². The molecule has 1 atom stereocenters. The maximum atomic E-state index is 11.6. The van der Waals surface area contributed by atoms with Crippen molar-refractivity contribution < 1.29 is 4.79 Å². The Morgan fingerprint density at radius 2 is 2.09 bits per heavy atom. The summed E-state index contributed by atoms with van der Waals surface area (Å²) in [5.74, 6) is 0.110. The number of fused-ring (bicyclic) bond motifs is 1. The second kappa shape index (κ2) is 6.07. The lowest BCUT2D eigenvalue weighted by molar-refractivity contribution is -0.116. The summed E-state index contributed by atoms with van der Waals surface area (Å²) in [4.78, 5) is 13.5. The third-order valence-corrected chi connectivity index (χ3v) is 4.39. The molecule has 3 rings (SSSR count). The third kappa shape index (κ3) is 3.09. The molecular weight excluding hydrogens is 288 g/mol. The molecule has 1 aromatic heterocycles. The van der Waals surface area contributed by atoms with Crippen molar-refractivity contribution in [2.45, 2.75) is 46.2 Å². The zero-order chi connectivity index (χ0) is 16.6. The van der Waals surface area contributed by atoms with Crippen molar-refractivity contribution in [1.82, 2.24) is 9.78 Å². The molecule has 0 radical (unpaired) electrons. The van der Waals surface area contributed by atoms with Gasteiger partial charge in [0, 0.05) is 42.6 Å². The van der Waals surface area contributed by atoms with Crippen molar-refractivity contribution in [3.63, 3.8) is 0 Å². The van der Waals surface area contributed by atoms with Crippen molar-refractivity contribution in [2.24, 2.45) is 0 Å². The third-order valence-electron chi connectivity index (χ3n) is 4.39. The molecule has 0 fully saturated rings. The van der Waals surface area contributed by atoms with Crippen LogP contribution in [0.2, 0.25) is 0 Å². The molecule has 0 bridgehead atoms. The van der Waals surface area contributed by atoms with Gasteiger partial charge in [0.05, 0.1) is 12.2 Å². The van der Waals surface area contributed by atoms with Crippen LogP contribution < -0.4 is 10.2 Å². The predicted molar refractivity (Wildman–Crippen MR) is 92.8 cm³/mol. The summed E-state index contributed by atoms with van der Waals surface area (Å²) < 4.78 is 1.97. The number of amides is 1. The van der Waals surface area contributed by atoms with Gasteiger partial charge in [0.1, 0.15) is 0 Å². The summed E-state index contributed by atoms with van der Waals surface area (Å²) in [6.07, 6.45) is 4.93. The smallest absolute Gasteiger partial charge is 0.223 e. The maximum absolute atomic E-state index is 11.6. The molecule has 1 N–H and O–H groups in total. The first-order chi connectivity index (χ1) is 11.0. The van der Waals surface area contributed by atoms with Crippen molar-refractivity contribution >= 4 is 17.3 Å². The van der Waals surface area contributed by atoms with Gasteiger partial charge in [0.2, 0.25) is 5.91 Å². The minimum absolute atomic E-state index is 0.110. The number of carbonyl (C=O) groups excluding carboxylic acids is 1. The average Bonchev–Trinajstić information content (AvgIpc) is 3.13. The fraction of sp³-hybridized carbons (Fsp3) is 0.444. The Hall–Kier alpha value is -2.30. The Morgan fingerprint density at radius 1 is 1.30 bits per heavy atom. The Labute approximate surface area is 137 Å². The molecular formula is C18H24N4O. The molecule has 122 valence electrons. The number of nitrogens with one attached hydrogen (secondary N) is 1. The summed E-state index contributed by atoms with van der Waals surface area (Å²) in [7, 11) is 0. The minimum atomic E-state index is 0.110. The van der Waals surface area contributed by atoms with E-state index in [1.807, 2.05) is 27.9 Å². The number of anilines is 2. The van der Waals surface area contributed by atoms with Gasteiger partial charge in [-0.15, -0.1) is 0 Å². The van der Waals surface area contributed by atoms with Crippen LogP contribution in [0.4, 0.5) is 11.4 Å². The number of nitrogens with zero attached hydrogens (tertiary/aromatic N) is 3. The van der Waals surface area contributed by atoms with E-state index < -0.39 is 0 Å². The second-order valence-corrected chi connectivity index (χ2v) is 6.48. The topological polar surface area (TPSA) is 50.2 Å². The van der Waals surface area contributed by atoms with Gasteiger partial charge < -0.3 is 10.2 Å². The fourth-order valence-corrected chi connectivity index (χ4v) is 3.01. The van der Waals surface area contributed by atoms with Crippen LogP contribution in [0.5, 0.6) is 0 Å². The van der Waals surface area contributed by atoms with Crippen molar-refractivity contribution in [3.05, 3.63) is 41.7 Å². The van der Waals surface area contributed by atoms with Crippen LogP contribution in [0, 0.1) is 0 Å². The van der Waals surface area contributed by atoms with E-state index in [2.05, 4.69) is 43.4 Å². The van der Waals surface area contributed by atoms with Crippen LogP contribution in [-0.2, 0) is 11.2 Å². The van der Waals surface area contributed by atoms with Crippen LogP contribution in [0.15, 0.2) is 30.6 Å². The van der Waals surface area contributed by atoms with Crippen LogP contribution in [0.1, 0.15) is 50.9 Å². The summed E-state index contributed by atoms with van der Waals surface area (Å²) in [5.41, 5.74) is 4.53. The SMILES string of the molecule is CC(=O)N1CCc2cc(N[C@@H](C)c3cnn(C(C)C)c3)ccc21. The summed E-state index contributed by atoms with van der Waals surface area (Å²) >= 11 is 0. The Morgan fingerprint density at radius 3 is 2.74 bits per heavy atom. The van der Waals surface area contributed by atoms with E-state index in [1.165, 1.54) is 11.1 Å². The molecule has 1 aromatic carbocycles. The lowest BCUT2D eigenvalue weighted by atomic mass is 10.1. The van der Waals surface area contributed by atoms with Gasteiger partial charge in [0.25, 0.3) is 0 Å². The average molecular weight is 312 g/mol. The zero-order valence-electron chi connectivity index (χ0n) is 14.2. The highest BCUT2D eigenvalue weighted by Crippen LogP contribution is 2.31. The van der Waals surface area contributed by atoms with Crippen LogP contribution in [0.25, 0.3) is 0 Å². The fourth-order valence-electron chi connectivity index (χ4n) is 3.01. The van der Waals surface area contributed by atoms with E-state index in [4.69, 9.17) is 0 Å². The highest BCUT2D eigenvalue weighted by atomic mass is 16.2. The number of benzene rings is 1. The van der Waals surface area contributed by atoms with Gasteiger partial charge in [0.15, 0.2) is 0 Å². The maximum Gasteiger partial charge on any atom is 0.223 e. The highest BCUT2D eigenvalue weighted by molar-refractivity contribution is 5.94. The summed E-state index contributed by atoms with van der Waals surface area (Å²) in [5, 5.41) is 7.93. The number of rotatable bonds is 4. The molecule has 23 heavy (non-hydrogen) atoms. The first-order valence-electron chi connectivity index (χ1n) is 8.17. The molecule has 0 unspecified atom stereocenters. The number of carbonyl (C=O) groups is 1. The second-order valence-electron chi connectivity index (χ2n) is 6.48. The molecule has 5 nitrogen and oxygen atoms in total. The molecule has 2 aromatic rings. The Bertz CT molecular complexity index is 720. The van der Waals surface area contributed by atoms with E-state index in [9.17, 15) is 4.79 Å². The largest absolute Gasteiger partial charge is 0.378 e. The highest BCUT2D eigenvalue weighted by Gasteiger charge is 2.22. The van der Waals surface area contributed by atoms with Crippen molar-refractivity contribution in [2.75, 3.05) is 16.8 Å². The van der Waals surface area contributed by atoms with E-state index in [-0.39, 0.29) is 11.9 Å². The standard InChI is InChI=1S/C18H24N4O/c1-12(2)22-11-16(10-19-22)13(3)20-17-5-6-18-15(9-17)7-8-21(18)14(4)23/h5-6,9-13,20H,7-8H2,1-4H3/t13-/m0/s1. The molecule has 0 aliphatic carbocycles. The number of hydrogen-bond acceptors (Lipinski definition) is 3. The van der Waals surface area contributed by atoms with Gasteiger partial charge in [-0.3, -0.25) is 9.48 Å². The summed E-state index contributed by atoms with van der Waals surface area (Å²) in [6.45, 7) is 8.78. The zero-order valence-corrected chi connectivity index (χ0v) is 14.2. The van der Waals surface area contributed by atoms with Crippen molar-refractivity contribution in [3.8, 4) is 0 Å². The number of aromatic nitrogens is 2. The monoisotopic (exact) mass is 312 g/mol. The summed E-state index contributed by atoms with van der Waals surface area (Å²) in [6, 6.07) is 6.79. The quantitative estimate of drug-likeness (QED) is 0.939. The molecule has 0 saturated heterocycles. The van der Waals surface area contributed by atoms with Gasteiger partial charge in [-0.2, -0.15) is 5.10 Å².